The zero-order valence-corrected chi connectivity index (χ0v) is 13.1. The van der Waals surface area contributed by atoms with E-state index in [-0.39, 0.29) is 18.4 Å². The third-order valence-corrected chi connectivity index (χ3v) is 4.15. The molecule has 0 aliphatic heterocycles. The molecule has 21 heavy (non-hydrogen) atoms. The first kappa shape index (κ1) is 15.5. The molecule has 1 atom stereocenters. The number of carbonyl (C=O) groups excluding carboxylic acids is 1. The highest BCUT2D eigenvalue weighted by molar-refractivity contribution is 7.10. The second kappa shape index (κ2) is 7.19. The van der Waals surface area contributed by atoms with Crippen molar-refractivity contribution in [1.29, 1.82) is 0 Å². The smallest absolute Gasteiger partial charge is 0.226 e. The Morgan fingerprint density at radius 1 is 1.43 bits per heavy atom. The molecule has 0 aliphatic rings. The molecule has 0 radical (unpaired) electrons. The van der Waals surface area contributed by atoms with E-state index in [2.05, 4.69) is 21.3 Å². The van der Waals surface area contributed by atoms with Crippen LogP contribution in [0.4, 0.5) is 5.69 Å². The number of hydrogen-bond donors (Lipinski definition) is 2. The number of nitrogen functional groups attached to an aromatic ring is 1. The summed E-state index contributed by atoms with van der Waals surface area (Å²) in [6, 6.07) is 7.83. The van der Waals surface area contributed by atoms with Crippen LogP contribution in [0.1, 0.15) is 16.6 Å². The van der Waals surface area contributed by atoms with Crippen LogP contribution >= 0.6 is 11.3 Å². The minimum Gasteiger partial charge on any atom is -0.397 e. The summed E-state index contributed by atoms with van der Waals surface area (Å²) in [5, 5.41) is 5.02. The lowest BCUT2D eigenvalue weighted by atomic mass is 10.2. The summed E-state index contributed by atoms with van der Waals surface area (Å²) < 4.78 is 0. The Bertz CT molecular complexity index is 566. The summed E-state index contributed by atoms with van der Waals surface area (Å²) in [6.07, 6.45) is 1.84. The second-order valence-corrected chi connectivity index (χ2v) is 6.04. The monoisotopic (exact) mass is 304 g/mol. The predicted molar refractivity (Wildman–Crippen MR) is 86.1 cm³/mol. The molecule has 2 heterocycles. The first-order valence-electron chi connectivity index (χ1n) is 6.73. The third kappa shape index (κ3) is 4.54. The first-order valence-corrected chi connectivity index (χ1v) is 7.61. The Labute approximate surface area is 128 Å². The standard InChI is InChI=1S/C15H20N4OS/c1-19(2)13(14-4-3-7-21-14)10-18-15(20)8-12-6-5-11(16)9-17-12/h3-7,9,13H,8,10,16H2,1-2H3,(H,18,20). The van der Waals surface area contributed by atoms with Crippen LogP contribution in [0.25, 0.3) is 0 Å². The van der Waals surface area contributed by atoms with Crippen molar-refractivity contribution in [2.75, 3.05) is 26.4 Å². The van der Waals surface area contributed by atoms with Gasteiger partial charge in [-0.05, 0) is 37.7 Å². The number of likely N-dealkylation sites (N-methyl/N-ethyl adjacent to an activating group) is 1. The number of nitrogens with one attached hydrogen (secondary N) is 1. The molecule has 112 valence electrons. The SMILES string of the molecule is CN(C)C(CNC(=O)Cc1ccc(N)cn1)c1cccs1. The molecule has 0 spiro atoms. The fraction of sp³-hybridized carbons (Fsp3) is 0.333. The van der Waals surface area contributed by atoms with Gasteiger partial charge in [0.05, 0.1) is 24.3 Å². The molecule has 0 aromatic carbocycles. The number of nitrogens with two attached hydrogens (primary N) is 1. The molecule has 5 nitrogen and oxygen atoms in total. The molecule has 0 bridgehead atoms. The lowest BCUT2D eigenvalue weighted by molar-refractivity contribution is -0.120. The maximum Gasteiger partial charge on any atom is 0.226 e. The van der Waals surface area contributed by atoms with Gasteiger partial charge in [0.15, 0.2) is 0 Å². The van der Waals surface area contributed by atoms with Gasteiger partial charge in [-0.3, -0.25) is 9.78 Å². The van der Waals surface area contributed by atoms with Gasteiger partial charge >= 0.3 is 0 Å². The van der Waals surface area contributed by atoms with Gasteiger partial charge in [-0.1, -0.05) is 6.07 Å². The van der Waals surface area contributed by atoms with E-state index >= 15 is 0 Å². The number of rotatable bonds is 6. The number of pyridine rings is 1. The lowest BCUT2D eigenvalue weighted by Gasteiger charge is -2.23. The van der Waals surface area contributed by atoms with Crippen molar-refractivity contribution in [3.8, 4) is 0 Å². The Morgan fingerprint density at radius 3 is 2.81 bits per heavy atom. The molecule has 2 aromatic heterocycles. The fourth-order valence-electron chi connectivity index (χ4n) is 2.00. The maximum absolute atomic E-state index is 12.0. The Kier molecular flexibility index (Phi) is 5.30. The Balaban J connectivity index is 1.89. The number of anilines is 1. The molecule has 0 saturated heterocycles. The molecule has 3 N–H and O–H groups in total. The fourth-order valence-corrected chi connectivity index (χ4v) is 2.92. The number of carbonyl (C=O) groups is 1. The van der Waals surface area contributed by atoms with Crippen molar-refractivity contribution < 1.29 is 4.79 Å². The summed E-state index contributed by atoms with van der Waals surface area (Å²) in [5.41, 5.74) is 6.90. The molecule has 0 fully saturated rings. The summed E-state index contributed by atoms with van der Waals surface area (Å²) in [6.45, 7) is 0.585. The van der Waals surface area contributed by atoms with Crippen LogP contribution in [0.5, 0.6) is 0 Å². The van der Waals surface area contributed by atoms with Crippen LogP contribution < -0.4 is 11.1 Å². The van der Waals surface area contributed by atoms with E-state index in [0.717, 1.165) is 5.69 Å². The summed E-state index contributed by atoms with van der Waals surface area (Å²) in [7, 11) is 4.02. The van der Waals surface area contributed by atoms with E-state index in [1.807, 2.05) is 25.5 Å². The molecule has 0 aliphatic carbocycles. The van der Waals surface area contributed by atoms with Crippen molar-refractivity contribution in [1.82, 2.24) is 15.2 Å². The first-order chi connectivity index (χ1) is 10.1. The van der Waals surface area contributed by atoms with Gasteiger partial charge in [0, 0.05) is 17.1 Å². The van der Waals surface area contributed by atoms with E-state index in [9.17, 15) is 4.79 Å². The van der Waals surface area contributed by atoms with Crippen molar-refractivity contribution >= 4 is 22.9 Å². The Hall–Kier alpha value is -1.92. The summed E-state index contributed by atoms with van der Waals surface area (Å²) in [4.78, 5) is 19.5. The molecule has 6 heteroatoms. The molecule has 1 unspecified atom stereocenters. The highest BCUT2D eigenvalue weighted by Gasteiger charge is 2.16. The van der Waals surface area contributed by atoms with Gasteiger partial charge in [-0.25, -0.2) is 0 Å². The zero-order valence-electron chi connectivity index (χ0n) is 12.2. The molecule has 1 amide bonds. The van der Waals surface area contributed by atoms with Crippen LogP contribution in [-0.2, 0) is 11.2 Å². The van der Waals surface area contributed by atoms with Gasteiger partial charge < -0.3 is 16.0 Å². The van der Waals surface area contributed by atoms with Crippen molar-refractivity contribution in [2.24, 2.45) is 0 Å². The van der Waals surface area contributed by atoms with Crippen LogP contribution in [0, 0.1) is 0 Å². The summed E-state index contributed by atoms with van der Waals surface area (Å²) in [5.74, 6) is -0.0318. The topological polar surface area (TPSA) is 71.2 Å². The van der Waals surface area contributed by atoms with Gasteiger partial charge in [0.1, 0.15) is 0 Å². The predicted octanol–water partition coefficient (Wildman–Crippen LogP) is 1.69. The highest BCUT2D eigenvalue weighted by atomic mass is 32.1. The minimum atomic E-state index is -0.0318. The third-order valence-electron chi connectivity index (χ3n) is 3.18. The number of nitrogens with zero attached hydrogens (tertiary/aromatic N) is 2. The van der Waals surface area contributed by atoms with Gasteiger partial charge in [-0.15, -0.1) is 11.3 Å². The van der Waals surface area contributed by atoms with Crippen molar-refractivity contribution in [2.45, 2.75) is 12.5 Å². The van der Waals surface area contributed by atoms with Gasteiger partial charge in [0.25, 0.3) is 0 Å². The van der Waals surface area contributed by atoms with E-state index in [0.29, 0.717) is 12.2 Å². The van der Waals surface area contributed by atoms with E-state index in [1.54, 1.807) is 29.7 Å². The number of aromatic nitrogens is 1. The highest BCUT2D eigenvalue weighted by Crippen LogP contribution is 2.22. The molecular formula is C15H20N4OS. The van der Waals surface area contributed by atoms with Crippen LogP contribution in [0.15, 0.2) is 35.8 Å². The number of thiophene rings is 1. The normalized spacial score (nSPS) is 12.3. The lowest BCUT2D eigenvalue weighted by Crippen LogP contribution is -2.35. The zero-order chi connectivity index (χ0) is 15.2. The van der Waals surface area contributed by atoms with Crippen LogP contribution in [0.3, 0.4) is 0 Å². The van der Waals surface area contributed by atoms with Gasteiger partial charge in [-0.2, -0.15) is 0 Å². The molecular weight excluding hydrogens is 284 g/mol. The van der Waals surface area contributed by atoms with Gasteiger partial charge in [0.2, 0.25) is 5.91 Å². The molecule has 2 rings (SSSR count). The number of amides is 1. The minimum absolute atomic E-state index is 0.0318. The largest absolute Gasteiger partial charge is 0.397 e. The van der Waals surface area contributed by atoms with Crippen molar-refractivity contribution in [3.63, 3.8) is 0 Å². The van der Waals surface area contributed by atoms with Crippen molar-refractivity contribution in [3.05, 3.63) is 46.4 Å². The summed E-state index contributed by atoms with van der Waals surface area (Å²) >= 11 is 1.70. The van der Waals surface area contributed by atoms with E-state index in [4.69, 9.17) is 5.73 Å². The van der Waals surface area contributed by atoms with E-state index < -0.39 is 0 Å². The van der Waals surface area contributed by atoms with Crippen LogP contribution in [-0.4, -0.2) is 36.4 Å². The molecule has 2 aromatic rings. The average molecular weight is 304 g/mol. The van der Waals surface area contributed by atoms with Crippen LogP contribution in [0.2, 0.25) is 0 Å². The maximum atomic E-state index is 12.0. The Morgan fingerprint density at radius 2 is 2.24 bits per heavy atom. The van der Waals surface area contributed by atoms with E-state index in [1.165, 1.54) is 4.88 Å². The number of hydrogen-bond acceptors (Lipinski definition) is 5. The quantitative estimate of drug-likeness (QED) is 0.852. The second-order valence-electron chi connectivity index (χ2n) is 5.06. The average Bonchev–Trinajstić information content (AvgIpc) is 2.95. The molecule has 0 saturated carbocycles.